The number of hydrogen-bond acceptors (Lipinski definition) is 3. The van der Waals surface area contributed by atoms with Gasteiger partial charge in [0.1, 0.15) is 6.61 Å². The minimum Gasteiger partial charge on any atom is -0.444 e. The third-order valence-corrected chi connectivity index (χ3v) is 4.25. The predicted molar refractivity (Wildman–Crippen MR) is 116 cm³/mol. The molecule has 3 amide bonds. The number of benzene rings is 3. The molecule has 0 aliphatic heterocycles. The quantitative estimate of drug-likeness (QED) is 0.439. The van der Waals surface area contributed by atoms with E-state index in [4.69, 9.17) is 27.9 Å². The zero-order chi connectivity index (χ0) is 20.6. The Kier molecular flexibility index (Phi) is 6.94. The molecule has 0 heterocycles. The molecule has 0 bridgehead atoms. The zero-order valence-corrected chi connectivity index (χ0v) is 16.6. The summed E-state index contributed by atoms with van der Waals surface area (Å²) in [6.45, 7) is 0.0494. The molecule has 148 valence electrons. The van der Waals surface area contributed by atoms with Gasteiger partial charge in [0.15, 0.2) is 0 Å². The molecule has 3 aromatic rings. The Morgan fingerprint density at radius 2 is 1.28 bits per heavy atom. The van der Waals surface area contributed by atoms with Crippen molar-refractivity contribution >= 4 is 52.4 Å². The number of hydrogen-bond donors (Lipinski definition) is 3. The van der Waals surface area contributed by atoms with Gasteiger partial charge in [-0.1, -0.05) is 35.3 Å². The second-order valence-electron chi connectivity index (χ2n) is 5.99. The zero-order valence-electron chi connectivity index (χ0n) is 15.1. The van der Waals surface area contributed by atoms with E-state index in [1.54, 1.807) is 72.8 Å². The monoisotopic (exact) mass is 429 g/mol. The summed E-state index contributed by atoms with van der Waals surface area (Å²) in [6.07, 6.45) is -0.592. The number of ether oxygens (including phenoxy) is 1. The highest BCUT2D eigenvalue weighted by molar-refractivity contribution is 6.31. The summed E-state index contributed by atoms with van der Waals surface area (Å²) in [5, 5.41) is 9.20. The molecule has 0 aromatic heterocycles. The maximum atomic E-state index is 12.1. The molecule has 0 radical (unpaired) electrons. The van der Waals surface area contributed by atoms with E-state index in [1.165, 1.54) is 0 Å². The first-order chi connectivity index (χ1) is 14.0. The van der Waals surface area contributed by atoms with Crippen molar-refractivity contribution in [3.8, 4) is 0 Å². The number of carbonyl (C=O) groups is 2. The molecule has 0 saturated heterocycles. The van der Waals surface area contributed by atoms with Crippen molar-refractivity contribution in [2.75, 3.05) is 16.0 Å². The van der Waals surface area contributed by atoms with E-state index in [2.05, 4.69) is 16.0 Å². The Labute approximate surface area is 177 Å². The van der Waals surface area contributed by atoms with Crippen LogP contribution in [-0.4, -0.2) is 12.1 Å². The van der Waals surface area contributed by atoms with Gasteiger partial charge in [-0.3, -0.25) is 5.32 Å². The highest BCUT2D eigenvalue weighted by Crippen LogP contribution is 2.16. The first kappa shape index (κ1) is 20.5. The Bertz CT molecular complexity index is 993. The van der Waals surface area contributed by atoms with Crippen LogP contribution in [0.3, 0.4) is 0 Å². The second kappa shape index (κ2) is 9.82. The second-order valence-corrected chi connectivity index (χ2v) is 6.87. The SMILES string of the molecule is O=C(Nc1ccc(Cl)cc1)Nc1cccc(COC(=O)Nc2ccc(Cl)cc2)c1. The van der Waals surface area contributed by atoms with Crippen LogP contribution in [-0.2, 0) is 11.3 Å². The van der Waals surface area contributed by atoms with Gasteiger partial charge in [-0.2, -0.15) is 0 Å². The lowest BCUT2D eigenvalue weighted by Gasteiger charge is -2.10. The third kappa shape index (κ3) is 6.71. The van der Waals surface area contributed by atoms with Crippen LogP contribution in [0.2, 0.25) is 10.0 Å². The van der Waals surface area contributed by atoms with Crippen LogP contribution < -0.4 is 16.0 Å². The van der Waals surface area contributed by atoms with Crippen LogP contribution in [0.5, 0.6) is 0 Å². The minimum atomic E-state index is -0.592. The third-order valence-electron chi connectivity index (χ3n) is 3.75. The van der Waals surface area contributed by atoms with Gasteiger partial charge in [0.2, 0.25) is 0 Å². The molecule has 0 spiro atoms. The fourth-order valence-corrected chi connectivity index (χ4v) is 2.65. The molecule has 29 heavy (non-hydrogen) atoms. The Balaban J connectivity index is 1.50. The van der Waals surface area contributed by atoms with Crippen molar-refractivity contribution in [3.63, 3.8) is 0 Å². The highest BCUT2D eigenvalue weighted by Gasteiger charge is 2.06. The van der Waals surface area contributed by atoms with E-state index in [9.17, 15) is 9.59 Å². The average molecular weight is 430 g/mol. The van der Waals surface area contributed by atoms with Crippen LogP contribution in [0.15, 0.2) is 72.8 Å². The first-order valence-electron chi connectivity index (χ1n) is 8.60. The normalized spacial score (nSPS) is 10.1. The van der Waals surface area contributed by atoms with Crippen LogP contribution >= 0.6 is 23.2 Å². The van der Waals surface area contributed by atoms with Crippen LogP contribution in [0.25, 0.3) is 0 Å². The largest absolute Gasteiger partial charge is 0.444 e. The number of amides is 3. The smallest absolute Gasteiger partial charge is 0.411 e. The van der Waals surface area contributed by atoms with Gasteiger partial charge in [-0.25, -0.2) is 9.59 Å². The Morgan fingerprint density at radius 1 is 0.724 bits per heavy atom. The van der Waals surface area contributed by atoms with Crippen molar-refractivity contribution in [1.82, 2.24) is 0 Å². The van der Waals surface area contributed by atoms with Crippen molar-refractivity contribution in [1.29, 1.82) is 0 Å². The standard InChI is InChI=1S/C21H17Cl2N3O3/c22-15-4-8-17(9-5-15)24-20(27)25-19-3-1-2-14(12-19)13-29-21(28)26-18-10-6-16(23)7-11-18/h1-12H,13H2,(H,26,28)(H2,24,25,27). The van der Waals surface area contributed by atoms with Gasteiger partial charge in [0, 0.05) is 27.1 Å². The van der Waals surface area contributed by atoms with Crippen molar-refractivity contribution < 1.29 is 14.3 Å². The van der Waals surface area contributed by atoms with Crippen molar-refractivity contribution in [2.24, 2.45) is 0 Å². The lowest BCUT2D eigenvalue weighted by atomic mass is 10.2. The summed E-state index contributed by atoms with van der Waals surface area (Å²) in [5.74, 6) is 0. The molecule has 0 fully saturated rings. The minimum absolute atomic E-state index is 0.0494. The fourth-order valence-electron chi connectivity index (χ4n) is 2.40. The summed E-state index contributed by atoms with van der Waals surface area (Å²) in [5.41, 5.74) is 2.48. The molecule has 8 heteroatoms. The molecule has 0 aliphatic rings. The van der Waals surface area contributed by atoms with E-state index in [1.807, 2.05) is 0 Å². The first-order valence-corrected chi connectivity index (χ1v) is 9.35. The van der Waals surface area contributed by atoms with Gasteiger partial charge < -0.3 is 15.4 Å². The van der Waals surface area contributed by atoms with E-state index < -0.39 is 12.1 Å². The molecule has 6 nitrogen and oxygen atoms in total. The summed E-state index contributed by atoms with van der Waals surface area (Å²) in [7, 11) is 0. The molecule has 3 rings (SSSR count). The Hall–Kier alpha value is -3.22. The molecular formula is C21H17Cl2N3O3. The van der Waals surface area contributed by atoms with Crippen LogP contribution in [0.1, 0.15) is 5.56 Å². The van der Waals surface area contributed by atoms with E-state index in [0.29, 0.717) is 27.1 Å². The van der Waals surface area contributed by atoms with Gasteiger partial charge in [0.25, 0.3) is 0 Å². The molecular weight excluding hydrogens is 413 g/mol. The molecule has 3 aromatic carbocycles. The summed E-state index contributed by atoms with van der Waals surface area (Å²) in [6, 6.07) is 20.1. The van der Waals surface area contributed by atoms with E-state index in [-0.39, 0.29) is 6.61 Å². The average Bonchev–Trinajstić information content (AvgIpc) is 2.70. The van der Waals surface area contributed by atoms with Gasteiger partial charge in [0.05, 0.1) is 0 Å². The lowest BCUT2D eigenvalue weighted by molar-refractivity contribution is 0.155. The number of halogens is 2. The topological polar surface area (TPSA) is 79.5 Å². The molecule has 0 saturated carbocycles. The van der Waals surface area contributed by atoms with Gasteiger partial charge in [-0.05, 0) is 66.2 Å². The number of rotatable bonds is 5. The summed E-state index contributed by atoms with van der Waals surface area (Å²) in [4.78, 5) is 24.0. The Morgan fingerprint density at radius 3 is 1.90 bits per heavy atom. The van der Waals surface area contributed by atoms with Crippen LogP contribution in [0.4, 0.5) is 26.7 Å². The van der Waals surface area contributed by atoms with E-state index in [0.717, 1.165) is 5.56 Å². The maximum Gasteiger partial charge on any atom is 0.411 e. The van der Waals surface area contributed by atoms with Gasteiger partial charge >= 0.3 is 12.1 Å². The lowest BCUT2D eigenvalue weighted by Crippen LogP contribution is -2.19. The van der Waals surface area contributed by atoms with Gasteiger partial charge in [-0.15, -0.1) is 0 Å². The predicted octanol–water partition coefficient (Wildman–Crippen LogP) is 6.39. The number of nitrogens with one attached hydrogen (secondary N) is 3. The maximum absolute atomic E-state index is 12.1. The summed E-state index contributed by atoms with van der Waals surface area (Å²) >= 11 is 11.6. The highest BCUT2D eigenvalue weighted by atomic mass is 35.5. The van der Waals surface area contributed by atoms with Crippen LogP contribution in [0, 0.1) is 0 Å². The van der Waals surface area contributed by atoms with Crippen molar-refractivity contribution in [2.45, 2.75) is 6.61 Å². The molecule has 0 aliphatic carbocycles. The number of carbonyl (C=O) groups excluding carboxylic acids is 2. The number of urea groups is 1. The number of anilines is 3. The fraction of sp³-hybridized carbons (Fsp3) is 0.0476. The summed E-state index contributed by atoms with van der Waals surface area (Å²) < 4.78 is 5.21. The van der Waals surface area contributed by atoms with E-state index >= 15 is 0 Å². The van der Waals surface area contributed by atoms with Crippen molar-refractivity contribution in [3.05, 3.63) is 88.4 Å². The molecule has 3 N–H and O–H groups in total. The molecule has 0 atom stereocenters. The molecule has 0 unspecified atom stereocenters.